The fraction of sp³-hybridized carbons (Fsp3) is 0.375. The van der Waals surface area contributed by atoms with Crippen LogP contribution in [-0.4, -0.2) is 23.1 Å². The van der Waals surface area contributed by atoms with Gasteiger partial charge in [-0.05, 0) is 43.0 Å². The zero-order valence-corrected chi connectivity index (χ0v) is 13.9. The maximum atomic E-state index is 6.17. The molecule has 0 radical (unpaired) electrons. The predicted octanol–water partition coefficient (Wildman–Crippen LogP) is 4.76. The van der Waals surface area contributed by atoms with Crippen LogP contribution in [0.3, 0.4) is 0 Å². The Labute approximate surface area is 140 Å². The largest absolute Gasteiger partial charge is 0.356 e. The van der Waals surface area contributed by atoms with Crippen molar-refractivity contribution >= 4 is 40.7 Å². The summed E-state index contributed by atoms with van der Waals surface area (Å²) in [5.74, 6) is 2.29. The molecule has 1 aromatic heterocycles. The fourth-order valence-electron chi connectivity index (χ4n) is 2.53. The van der Waals surface area contributed by atoms with Gasteiger partial charge in [-0.2, -0.15) is 4.98 Å². The molecular weight excluding hydrogens is 319 g/mol. The molecule has 0 spiro atoms. The minimum Gasteiger partial charge on any atom is -0.356 e. The van der Waals surface area contributed by atoms with Gasteiger partial charge in [0.1, 0.15) is 5.82 Å². The summed E-state index contributed by atoms with van der Waals surface area (Å²) in [6, 6.07) is 7.25. The number of nitrogens with one attached hydrogen (secondary N) is 1. The molecule has 4 nitrogen and oxygen atoms in total. The summed E-state index contributed by atoms with van der Waals surface area (Å²) in [6.45, 7) is 4.38. The first-order valence-corrected chi connectivity index (χ1v) is 8.17. The molecule has 116 valence electrons. The topological polar surface area (TPSA) is 41.1 Å². The molecule has 2 aromatic rings. The Morgan fingerprint density at radius 2 is 1.95 bits per heavy atom. The SMILES string of the molecule is CC1CCN(c2ccnc(Nc3ccc(Cl)cc3Cl)n2)CC1. The van der Waals surface area contributed by atoms with Gasteiger partial charge in [0.2, 0.25) is 5.95 Å². The van der Waals surface area contributed by atoms with Gasteiger partial charge in [0.15, 0.2) is 0 Å². The van der Waals surface area contributed by atoms with Gasteiger partial charge in [0, 0.05) is 24.3 Å². The number of aromatic nitrogens is 2. The van der Waals surface area contributed by atoms with Gasteiger partial charge < -0.3 is 10.2 Å². The van der Waals surface area contributed by atoms with E-state index in [1.54, 1.807) is 18.3 Å². The van der Waals surface area contributed by atoms with Crippen LogP contribution in [0.5, 0.6) is 0 Å². The first-order chi connectivity index (χ1) is 10.6. The lowest BCUT2D eigenvalue weighted by Gasteiger charge is -2.31. The molecule has 1 N–H and O–H groups in total. The maximum Gasteiger partial charge on any atom is 0.229 e. The number of anilines is 3. The highest BCUT2D eigenvalue weighted by Gasteiger charge is 2.17. The minimum absolute atomic E-state index is 0.542. The summed E-state index contributed by atoms with van der Waals surface area (Å²) in [5.41, 5.74) is 0.746. The highest BCUT2D eigenvalue weighted by atomic mass is 35.5. The van der Waals surface area contributed by atoms with E-state index in [1.807, 2.05) is 12.1 Å². The van der Waals surface area contributed by atoms with Gasteiger partial charge >= 0.3 is 0 Å². The Bertz CT molecular complexity index is 654. The van der Waals surface area contributed by atoms with E-state index >= 15 is 0 Å². The Kier molecular flexibility index (Phi) is 4.69. The lowest BCUT2D eigenvalue weighted by Crippen LogP contribution is -2.33. The molecule has 0 amide bonds. The van der Waals surface area contributed by atoms with E-state index in [9.17, 15) is 0 Å². The van der Waals surface area contributed by atoms with E-state index in [-0.39, 0.29) is 0 Å². The number of hydrogen-bond acceptors (Lipinski definition) is 4. The molecule has 22 heavy (non-hydrogen) atoms. The number of hydrogen-bond donors (Lipinski definition) is 1. The van der Waals surface area contributed by atoms with Gasteiger partial charge in [-0.15, -0.1) is 0 Å². The quantitative estimate of drug-likeness (QED) is 0.876. The molecule has 0 bridgehead atoms. The Hall–Kier alpha value is -1.52. The van der Waals surface area contributed by atoms with Crippen molar-refractivity contribution in [1.82, 2.24) is 9.97 Å². The van der Waals surface area contributed by atoms with Crippen molar-refractivity contribution in [3.63, 3.8) is 0 Å². The standard InChI is InChI=1S/C16H18Cl2N4/c1-11-5-8-22(9-6-11)15-4-7-19-16(21-15)20-14-3-2-12(17)10-13(14)18/h2-4,7,10-11H,5-6,8-9H2,1H3,(H,19,20,21). The molecular formula is C16H18Cl2N4. The molecule has 0 aliphatic carbocycles. The molecule has 3 rings (SSSR count). The van der Waals surface area contributed by atoms with Gasteiger partial charge in [-0.3, -0.25) is 0 Å². The Balaban J connectivity index is 1.76. The highest BCUT2D eigenvalue weighted by molar-refractivity contribution is 6.36. The lowest BCUT2D eigenvalue weighted by atomic mass is 9.99. The predicted molar refractivity (Wildman–Crippen MR) is 92.4 cm³/mol. The van der Waals surface area contributed by atoms with Crippen molar-refractivity contribution in [2.75, 3.05) is 23.3 Å². The highest BCUT2D eigenvalue weighted by Crippen LogP contribution is 2.28. The monoisotopic (exact) mass is 336 g/mol. The molecule has 1 aliphatic rings. The van der Waals surface area contributed by atoms with Crippen LogP contribution in [0.25, 0.3) is 0 Å². The first kappa shape index (κ1) is 15.4. The molecule has 1 aliphatic heterocycles. The second-order valence-electron chi connectivity index (χ2n) is 5.66. The second-order valence-corrected chi connectivity index (χ2v) is 6.50. The number of benzene rings is 1. The van der Waals surface area contributed by atoms with Gasteiger partial charge in [0.05, 0.1) is 10.7 Å². The fourth-order valence-corrected chi connectivity index (χ4v) is 2.99. The normalized spacial score (nSPS) is 15.9. The summed E-state index contributed by atoms with van der Waals surface area (Å²) in [6.07, 6.45) is 4.18. The third-order valence-electron chi connectivity index (χ3n) is 3.93. The van der Waals surface area contributed by atoms with E-state index < -0.39 is 0 Å². The molecule has 6 heteroatoms. The van der Waals surface area contributed by atoms with Gasteiger partial charge in [0.25, 0.3) is 0 Å². The number of halogens is 2. The van der Waals surface area contributed by atoms with E-state index in [4.69, 9.17) is 23.2 Å². The third kappa shape index (κ3) is 3.62. The number of piperidine rings is 1. The van der Waals surface area contributed by atoms with Crippen molar-refractivity contribution in [3.8, 4) is 0 Å². The zero-order valence-electron chi connectivity index (χ0n) is 12.4. The van der Waals surface area contributed by atoms with Crippen LogP contribution >= 0.6 is 23.2 Å². The average Bonchev–Trinajstić information content (AvgIpc) is 2.51. The summed E-state index contributed by atoms with van der Waals surface area (Å²) in [7, 11) is 0. The smallest absolute Gasteiger partial charge is 0.229 e. The summed E-state index contributed by atoms with van der Waals surface area (Å²) < 4.78 is 0. The first-order valence-electron chi connectivity index (χ1n) is 7.42. The zero-order chi connectivity index (χ0) is 15.5. The van der Waals surface area contributed by atoms with E-state index in [0.717, 1.165) is 30.5 Å². The molecule has 0 unspecified atom stereocenters. The van der Waals surface area contributed by atoms with Crippen LogP contribution in [0.4, 0.5) is 17.5 Å². The van der Waals surface area contributed by atoms with Gasteiger partial charge in [-0.25, -0.2) is 4.98 Å². The van der Waals surface area contributed by atoms with Crippen LogP contribution in [0.2, 0.25) is 10.0 Å². The van der Waals surface area contributed by atoms with Crippen LogP contribution in [0.1, 0.15) is 19.8 Å². The van der Waals surface area contributed by atoms with Crippen LogP contribution in [0, 0.1) is 5.92 Å². The molecule has 1 fully saturated rings. The second kappa shape index (κ2) is 6.71. The molecule has 1 saturated heterocycles. The van der Waals surface area contributed by atoms with Gasteiger partial charge in [-0.1, -0.05) is 30.1 Å². The Morgan fingerprint density at radius 1 is 1.18 bits per heavy atom. The van der Waals surface area contributed by atoms with E-state index in [2.05, 4.69) is 27.1 Å². The lowest BCUT2D eigenvalue weighted by molar-refractivity contribution is 0.436. The van der Waals surface area contributed by atoms with Crippen LogP contribution in [-0.2, 0) is 0 Å². The van der Waals surface area contributed by atoms with E-state index in [0.29, 0.717) is 16.0 Å². The third-order valence-corrected chi connectivity index (χ3v) is 4.47. The molecule has 1 aromatic carbocycles. The summed E-state index contributed by atoms with van der Waals surface area (Å²) >= 11 is 12.1. The van der Waals surface area contributed by atoms with E-state index in [1.165, 1.54) is 12.8 Å². The number of rotatable bonds is 3. The Morgan fingerprint density at radius 3 is 2.68 bits per heavy atom. The summed E-state index contributed by atoms with van der Waals surface area (Å²) in [4.78, 5) is 11.2. The summed E-state index contributed by atoms with van der Waals surface area (Å²) in [5, 5.41) is 4.30. The molecule has 2 heterocycles. The van der Waals surface area contributed by atoms with Crippen molar-refractivity contribution < 1.29 is 0 Å². The number of nitrogens with zero attached hydrogens (tertiary/aromatic N) is 3. The minimum atomic E-state index is 0.542. The van der Waals surface area contributed by atoms with Crippen LogP contribution < -0.4 is 10.2 Å². The average molecular weight is 337 g/mol. The van der Waals surface area contributed by atoms with Crippen molar-refractivity contribution in [2.24, 2.45) is 5.92 Å². The van der Waals surface area contributed by atoms with Crippen molar-refractivity contribution in [3.05, 3.63) is 40.5 Å². The van der Waals surface area contributed by atoms with Crippen molar-refractivity contribution in [1.29, 1.82) is 0 Å². The van der Waals surface area contributed by atoms with Crippen LogP contribution in [0.15, 0.2) is 30.5 Å². The van der Waals surface area contributed by atoms with Crippen molar-refractivity contribution in [2.45, 2.75) is 19.8 Å². The molecule has 0 atom stereocenters. The molecule has 0 saturated carbocycles. The maximum absolute atomic E-state index is 6.17.